The van der Waals surface area contributed by atoms with Crippen molar-refractivity contribution in [1.82, 2.24) is 15.1 Å². The van der Waals surface area contributed by atoms with Gasteiger partial charge in [-0.1, -0.05) is 37.3 Å². The summed E-state index contributed by atoms with van der Waals surface area (Å²) in [5.74, 6) is 0.999. The number of rotatable bonds is 7. The van der Waals surface area contributed by atoms with E-state index in [2.05, 4.69) is 24.4 Å². The Labute approximate surface area is 160 Å². The fraction of sp³-hybridized carbons (Fsp3) is 0.429. The van der Waals surface area contributed by atoms with Crippen molar-refractivity contribution < 1.29 is 14.0 Å². The molecule has 6 heteroatoms. The molecule has 0 saturated carbocycles. The molecule has 2 heterocycles. The first-order chi connectivity index (χ1) is 13.2. The van der Waals surface area contributed by atoms with E-state index in [1.807, 2.05) is 35.2 Å². The zero-order chi connectivity index (χ0) is 19.1. The smallest absolute Gasteiger partial charge is 0.317 e. The molecule has 1 unspecified atom stereocenters. The van der Waals surface area contributed by atoms with Crippen LogP contribution in [0.3, 0.4) is 0 Å². The molecule has 0 aliphatic carbocycles. The van der Waals surface area contributed by atoms with Crippen LogP contribution in [0.4, 0.5) is 4.79 Å². The average molecular weight is 369 g/mol. The molecule has 0 bridgehead atoms. The Morgan fingerprint density at radius 3 is 2.67 bits per heavy atom. The zero-order valence-electron chi connectivity index (χ0n) is 15.8. The van der Waals surface area contributed by atoms with E-state index in [9.17, 15) is 9.59 Å². The maximum Gasteiger partial charge on any atom is 0.317 e. The molecule has 1 N–H and O–H groups in total. The van der Waals surface area contributed by atoms with Crippen LogP contribution in [0.25, 0.3) is 0 Å². The minimum absolute atomic E-state index is 0.0241. The number of carbonyl (C=O) groups is 2. The van der Waals surface area contributed by atoms with E-state index >= 15 is 0 Å². The number of hydrogen-bond acceptors (Lipinski definition) is 3. The van der Waals surface area contributed by atoms with Crippen LogP contribution in [0.1, 0.15) is 37.0 Å². The number of piperazine rings is 1. The van der Waals surface area contributed by atoms with Crippen molar-refractivity contribution >= 4 is 11.9 Å². The van der Waals surface area contributed by atoms with Crippen molar-refractivity contribution in [3.63, 3.8) is 0 Å². The molecule has 27 heavy (non-hydrogen) atoms. The van der Waals surface area contributed by atoms with Crippen LogP contribution in [-0.4, -0.2) is 54.5 Å². The molecule has 1 saturated heterocycles. The number of amides is 3. The van der Waals surface area contributed by atoms with Gasteiger partial charge in [0.05, 0.1) is 6.26 Å². The first-order valence-corrected chi connectivity index (χ1v) is 9.58. The Hall–Kier alpha value is -2.76. The van der Waals surface area contributed by atoms with Gasteiger partial charge < -0.3 is 19.5 Å². The Morgan fingerprint density at radius 2 is 2.00 bits per heavy atom. The normalized spacial score (nSPS) is 15.7. The highest BCUT2D eigenvalue weighted by molar-refractivity contribution is 5.85. The lowest BCUT2D eigenvalue weighted by molar-refractivity contribution is -0.134. The summed E-state index contributed by atoms with van der Waals surface area (Å²) in [5.41, 5.74) is 1.16. The monoisotopic (exact) mass is 369 g/mol. The summed E-state index contributed by atoms with van der Waals surface area (Å²) in [6.45, 7) is 4.68. The van der Waals surface area contributed by atoms with Crippen LogP contribution < -0.4 is 5.32 Å². The number of benzene rings is 1. The van der Waals surface area contributed by atoms with Crippen molar-refractivity contribution in [2.45, 2.75) is 25.7 Å². The number of nitrogens with zero attached hydrogens (tertiary/aromatic N) is 2. The molecule has 1 aromatic carbocycles. The van der Waals surface area contributed by atoms with E-state index in [4.69, 9.17) is 4.42 Å². The predicted octanol–water partition coefficient (Wildman–Crippen LogP) is 3.07. The lowest BCUT2D eigenvalue weighted by Gasteiger charge is -2.34. The number of hydrogen-bond donors (Lipinski definition) is 1. The average Bonchev–Trinajstić information content (AvgIpc) is 3.22. The van der Waals surface area contributed by atoms with Crippen LogP contribution in [0.15, 0.2) is 53.1 Å². The first-order valence-electron chi connectivity index (χ1n) is 9.58. The molecule has 1 aromatic heterocycles. The maximum absolute atomic E-state index is 12.4. The fourth-order valence-electron chi connectivity index (χ4n) is 3.47. The molecule has 6 nitrogen and oxygen atoms in total. The van der Waals surface area contributed by atoms with Gasteiger partial charge in [0.25, 0.3) is 0 Å². The number of urea groups is 1. The molecule has 3 amide bonds. The van der Waals surface area contributed by atoms with Crippen LogP contribution in [-0.2, 0) is 4.79 Å². The third kappa shape index (κ3) is 4.90. The second-order valence-electron chi connectivity index (χ2n) is 6.80. The molecule has 1 atom stereocenters. The third-order valence-corrected chi connectivity index (χ3v) is 4.90. The molecular weight excluding hydrogens is 342 g/mol. The van der Waals surface area contributed by atoms with Gasteiger partial charge in [-0.25, -0.2) is 4.79 Å². The second-order valence-corrected chi connectivity index (χ2v) is 6.80. The van der Waals surface area contributed by atoms with E-state index in [-0.39, 0.29) is 24.4 Å². The summed E-state index contributed by atoms with van der Waals surface area (Å²) in [7, 11) is 0. The predicted molar refractivity (Wildman–Crippen MR) is 103 cm³/mol. The summed E-state index contributed by atoms with van der Waals surface area (Å²) >= 11 is 0. The molecular formula is C21H27N3O3. The van der Waals surface area contributed by atoms with Crippen molar-refractivity contribution in [3.05, 3.63) is 60.1 Å². The van der Waals surface area contributed by atoms with Crippen molar-refractivity contribution in [2.75, 3.05) is 32.7 Å². The molecule has 1 aliphatic heterocycles. The van der Waals surface area contributed by atoms with Gasteiger partial charge in [-0.3, -0.25) is 4.79 Å². The van der Waals surface area contributed by atoms with Gasteiger partial charge in [0.15, 0.2) is 0 Å². The van der Waals surface area contributed by atoms with Crippen LogP contribution in [0.5, 0.6) is 0 Å². The fourth-order valence-corrected chi connectivity index (χ4v) is 3.47. The number of carbonyl (C=O) groups excluding carboxylic acids is 2. The van der Waals surface area contributed by atoms with E-state index < -0.39 is 0 Å². The highest BCUT2D eigenvalue weighted by Crippen LogP contribution is 2.27. The number of furan rings is 1. The molecule has 144 valence electrons. The van der Waals surface area contributed by atoms with Crippen molar-refractivity contribution in [1.29, 1.82) is 0 Å². The van der Waals surface area contributed by atoms with Gasteiger partial charge in [-0.15, -0.1) is 0 Å². The van der Waals surface area contributed by atoms with Gasteiger partial charge in [-0.05, 0) is 30.5 Å². The Balaban J connectivity index is 1.53. The van der Waals surface area contributed by atoms with E-state index in [1.54, 1.807) is 11.2 Å². The minimum atomic E-state index is -0.175. The molecule has 0 spiro atoms. The standard InChI is InChI=1S/C21H27N3O3/c1-2-12-23-13-14-24(16-20(23)25)21(26)22-11-10-18(19-9-6-15-27-19)17-7-4-3-5-8-17/h3-9,15,18H,2,10-14,16H2,1H3,(H,22,26). The van der Waals surface area contributed by atoms with Crippen LogP contribution >= 0.6 is 0 Å². The molecule has 1 fully saturated rings. The number of nitrogens with one attached hydrogen (secondary N) is 1. The quantitative estimate of drug-likeness (QED) is 0.816. The van der Waals surface area contributed by atoms with E-state index in [1.165, 1.54) is 0 Å². The molecule has 0 radical (unpaired) electrons. The van der Waals surface area contributed by atoms with Gasteiger partial charge in [0.2, 0.25) is 5.91 Å². The maximum atomic E-state index is 12.4. The van der Waals surface area contributed by atoms with Crippen LogP contribution in [0.2, 0.25) is 0 Å². The Morgan fingerprint density at radius 1 is 1.19 bits per heavy atom. The van der Waals surface area contributed by atoms with Crippen molar-refractivity contribution in [3.8, 4) is 0 Å². The SMILES string of the molecule is CCCN1CCN(C(=O)NCCC(c2ccccc2)c2ccco2)CC1=O. The summed E-state index contributed by atoms with van der Waals surface area (Å²) < 4.78 is 5.60. The van der Waals surface area contributed by atoms with E-state index in [0.717, 1.165) is 30.7 Å². The van der Waals surface area contributed by atoms with Crippen LogP contribution in [0, 0.1) is 0 Å². The third-order valence-electron chi connectivity index (χ3n) is 4.90. The van der Waals surface area contributed by atoms with Crippen molar-refractivity contribution in [2.24, 2.45) is 0 Å². The molecule has 2 aromatic rings. The summed E-state index contributed by atoms with van der Waals surface area (Å²) in [6.07, 6.45) is 3.34. The van der Waals surface area contributed by atoms with Gasteiger partial charge in [-0.2, -0.15) is 0 Å². The Kier molecular flexibility index (Phi) is 6.52. The molecule has 3 rings (SSSR count). The van der Waals surface area contributed by atoms with E-state index in [0.29, 0.717) is 19.6 Å². The van der Waals surface area contributed by atoms with Gasteiger partial charge >= 0.3 is 6.03 Å². The zero-order valence-corrected chi connectivity index (χ0v) is 15.8. The summed E-state index contributed by atoms with van der Waals surface area (Å²) in [4.78, 5) is 28.0. The minimum Gasteiger partial charge on any atom is -0.469 e. The summed E-state index contributed by atoms with van der Waals surface area (Å²) in [5, 5.41) is 2.96. The Bertz CT molecular complexity index is 730. The lowest BCUT2D eigenvalue weighted by Crippen LogP contribution is -2.54. The topological polar surface area (TPSA) is 65.8 Å². The highest BCUT2D eigenvalue weighted by atomic mass is 16.3. The van der Waals surface area contributed by atoms with Gasteiger partial charge in [0, 0.05) is 32.1 Å². The summed E-state index contributed by atoms with van der Waals surface area (Å²) in [6, 6.07) is 13.8. The van der Waals surface area contributed by atoms with Gasteiger partial charge in [0.1, 0.15) is 12.3 Å². The lowest BCUT2D eigenvalue weighted by atomic mass is 9.93. The second kappa shape index (κ2) is 9.26. The largest absolute Gasteiger partial charge is 0.469 e. The first kappa shape index (κ1) is 19.0. The highest BCUT2D eigenvalue weighted by Gasteiger charge is 2.26. The molecule has 1 aliphatic rings.